The van der Waals surface area contributed by atoms with Gasteiger partial charge in [-0.1, -0.05) is 0 Å². The number of nitriles is 1. The predicted molar refractivity (Wildman–Crippen MR) is 37.0 cm³/mol. The van der Waals surface area contributed by atoms with Crippen LogP contribution in [0.15, 0.2) is 0 Å². The van der Waals surface area contributed by atoms with Gasteiger partial charge in [0.05, 0.1) is 6.07 Å². The van der Waals surface area contributed by atoms with Gasteiger partial charge in [0.25, 0.3) is 0 Å². The van der Waals surface area contributed by atoms with Crippen LogP contribution in [0.4, 0.5) is 0 Å². The van der Waals surface area contributed by atoms with Crippen molar-refractivity contribution in [3.63, 3.8) is 0 Å². The molecule has 1 fully saturated rings. The number of nitrogens with one attached hydrogen (secondary N) is 1. The fraction of sp³-hybridized carbons (Fsp3) is 0.857. The van der Waals surface area contributed by atoms with Crippen molar-refractivity contribution in [3.8, 4) is 6.07 Å². The van der Waals surface area contributed by atoms with Gasteiger partial charge < -0.3 is 5.11 Å². The maximum Gasteiger partial charge on any atom is 0.108 e. The Balaban J connectivity index is 2.43. The fourth-order valence-corrected chi connectivity index (χ4v) is 1.22. The number of rotatable bonds is 2. The molecule has 0 bridgehead atoms. The van der Waals surface area contributed by atoms with Crippen molar-refractivity contribution < 1.29 is 5.11 Å². The van der Waals surface area contributed by atoms with Crippen LogP contribution in [0.5, 0.6) is 0 Å². The average molecular weight is 140 g/mol. The Morgan fingerprint density at radius 2 is 2.30 bits per heavy atom. The van der Waals surface area contributed by atoms with Gasteiger partial charge in [-0.05, 0) is 26.2 Å². The van der Waals surface area contributed by atoms with Crippen molar-refractivity contribution in [1.29, 1.82) is 5.26 Å². The van der Waals surface area contributed by atoms with Gasteiger partial charge >= 0.3 is 0 Å². The first-order valence-electron chi connectivity index (χ1n) is 3.55. The van der Waals surface area contributed by atoms with Crippen LogP contribution in [-0.2, 0) is 0 Å². The van der Waals surface area contributed by atoms with Crippen LogP contribution >= 0.6 is 0 Å². The molecule has 1 aliphatic carbocycles. The lowest BCUT2D eigenvalue weighted by Crippen LogP contribution is -2.53. The van der Waals surface area contributed by atoms with E-state index in [1.54, 1.807) is 6.92 Å². The minimum atomic E-state index is -0.569. The maximum atomic E-state index is 8.92. The topological polar surface area (TPSA) is 56.0 Å². The van der Waals surface area contributed by atoms with E-state index in [1.165, 1.54) is 0 Å². The molecule has 0 aromatic heterocycles. The molecular formula is C7H12N2O. The van der Waals surface area contributed by atoms with E-state index in [0.717, 1.165) is 19.3 Å². The first kappa shape index (κ1) is 7.52. The van der Waals surface area contributed by atoms with E-state index in [2.05, 4.69) is 11.4 Å². The molecule has 1 saturated carbocycles. The average Bonchev–Trinajstić information content (AvgIpc) is 1.78. The lowest BCUT2D eigenvalue weighted by atomic mass is 9.78. The van der Waals surface area contributed by atoms with Gasteiger partial charge in [0.1, 0.15) is 11.8 Å². The third-order valence-corrected chi connectivity index (χ3v) is 1.91. The molecule has 3 heteroatoms. The van der Waals surface area contributed by atoms with Gasteiger partial charge in [-0.2, -0.15) is 5.26 Å². The summed E-state index contributed by atoms with van der Waals surface area (Å²) in [7, 11) is 0. The number of aliphatic hydroxyl groups is 1. The van der Waals surface area contributed by atoms with Gasteiger partial charge in [0.2, 0.25) is 0 Å². The van der Waals surface area contributed by atoms with Crippen LogP contribution in [0.2, 0.25) is 0 Å². The number of nitrogens with zero attached hydrogens (tertiary/aromatic N) is 1. The third kappa shape index (κ3) is 1.28. The summed E-state index contributed by atoms with van der Waals surface area (Å²) in [5, 5.41) is 20.4. The van der Waals surface area contributed by atoms with Crippen molar-refractivity contribution in [3.05, 3.63) is 0 Å². The summed E-state index contributed by atoms with van der Waals surface area (Å²) >= 11 is 0. The Bertz CT molecular complexity index is 155. The summed E-state index contributed by atoms with van der Waals surface area (Å²) in [4.78, 5) is 0. The Kier molecular flexibility index (Phi) is 1.93. The summed E-state index contributed by atoms with van der Waals surface area (Å²) in [5.74, 6) is 0. The van der Waals surface area contributed by atoms with E-state index in [-0.39, 0.29) is 0 Å². The molecule has 0 aromatic rings. The fourth-order valence-electron chi connectivity index (χ4n) is 1.22. The smallest absolute Gasteiger partial charge is 0.108 e. The molecule has 1 rings (SSSR count). The normalized spacial score (nSPS) is 24.5. The van der Waals surface area contributed by atoms with Gasteiger partial charge in [-0.15, -0.1) is 0 Å². The van der Waals surface area contributed by atoms with E-state index in [0.29, 0.717) is 0 Å². The Morgan fingerprint density at radius 3 is 2.40 bits per heavy atom. The van der Waals surface area contributed by atoms with Gasteiger partial charge in [0, 0.05) is 0 Å². The molecule has 0 aromatic carbocycles. The minimum absolute atomic E-state index is 0.409. The lowest BCUT2D eigenvalue weighted by molar-refractivity contribution is 0.0937. The van der Waals surface area contributed by atoms with E-state index in [9.17, 15) is 0 Å². The van der Waals surface area contributed by atoms with Crippen molar-refractivity contribution >= 4 is 0 Å². The molecule has 3 nitrogen and oxygen atoms in total. The van der Waals surface area contributed by atoms with E-state index >= 15 is 0 Å². The molecule has 10 heavy (non-hydrogen) atoms. The summed E-state index contributed by atoms with van der Waals surface area (Å²) in [6.07, 6.45) is 2.26. The van der Waals surface area contributed by atoms with Crippen LogP contribution in [0.25, 0.3) is 0 Å². The van der Waals surface area contributed by atoms with Gasteiger partial charge in [-0.25, -0.2) is 0 Å². The zero-order valence-electron chi connectivity index (χ0n) is 6.09. The number of aliphatic hydroxyl groups excluding tert-OH is 1. The zero-order chi connectivity index (χ0) is 7.61. The highest BCUT2D eigenvalue weighted by atomic mass is 16.3. The monoisotopic (exact) mass is 140 g/mol. The number of hydrogen-bond donors (Lipinski definition) is 2. The summed E-state index contributed by atoms with van der Waals surface area (Å²) in [6, 6.07) is 2.18. The molecular weight excluding hydrogens is 128 g/mol. The van der Waals surface area contributed by atoms with Crippen LogP contribution in [0, 0.1) is 11.3 Å². The van der Waals surface area contributed by atoms with Crippen LogP contribution in [0.3, 0.4) is 0 Å². The van der Waals surface area contributed by atoms with Gasteiger partial charge in [-0.3, -0.25) is 5.32 Å². The second kappa shape index (κ2) is 2.57. The molecule has 1 unspecified atom stereocenters. The summed E-state index contributed by atoms with van der Waals surface area (Å²) < 4.78 is 0. The standard InChI is InChI=1S/C7H12N2O/c1-6(10)9-7(5-8)3-2-4-7/h6,9-10H,2-4H2,1H3. The summed E-state index contributed by atoms with van der Waals surface area (Å²) in [5.41, 5.74) is -0.409. The largest absolute Gasteiger partial charge is 0.379 e. The Labute approximate surface area is 60.7 Å². The van der Waals surface area contributed by atoms with Crippen molar-refractivity contribution in [1.82, 2.24) is 5.32 Å². The van der Waals surface area contributed by atoms with E-state index in [1.807, 2.05) is 0 Å². The molecule has 0 spiro atoms. The van der Waals surface area contributed by atoms with Crippen LogP contribution in [-0.4, -0.2) is 16.9 Å². The molecule has 1 aliphatic rings. The molecule has 56 valence electrons. The van der Waals surface area contributed by atoms with Crippen molar-refractivity contribution in [2.45, 2.75) is 38.0 Å². The summed E-state index contributed by atoms with van der Waals surface area (Å²) in [6.45, 7) is 1.64. The molecule has 1 atom stereocenters. The van der Waals surface area contributed by atoms with Crippen LogP contribution in [0.1, 0.15) is 26.2 Å². The molecule has 2 N–H and O–H groups in total. The predicted octanol–water partition coefficient (Wildman–Crippen LogP) is 0.361. The SMILES string of the molecule is CC(O)NC1(C#N)CCC1. The zero-order valence-corrected chi connectivity index (χ0v) is 6.09. The van der Waals surface area contributed by atoms with Crippen LogP contribution < -0.4 is 5.32 Å². The van der Waals surface area contributed by atoms with Gasteiger partial charge in [0.15, 0.2) is 0 Å². The van der Waals surface area contributed by atoms with E-state index < -0.39 is 11.8 Å². The second-order valence-corrected chi connectivity index (χ2v) is 2.87. The third-order valence-electron chi connectivity index (χ3n) is 1.91. The minimum Gasteiger partial charge on any atom is -0.379 e. The Morgan fingerprint density at radius 1 is 1.70 bits per heavy atom. The highest BCUT2D eigenvalue weighted by molar-refractivity contribution is 5.12. The highest BCUT2D eigenvalue weighted by Gasteiger charge is 2.37. The Hall–Kier alpha value is -0.590. The molecule has 0 aliphatic heterocycles. The quantitative estimate of drug-likeness (QED) is 0.544. The molecule has 0 amide bonds. The number of hydrogen-bond acceptors (Lipinski definition) is 3. The lowest BCUT2D eigenvalue weighted by Gasteiger charge is -2.37. The second-order valence-electron chi connectivity index (χ2n) is 2.87. The molecule has 0 heterocycles. The van der Waals surface area contributed by atoms with Crippen molar-refractivity contribution in [2.24, 2.45) is 0 Å². The highest BCUT2D eigenvalue weighted by Crippen LogP contribution is 2.30. The van der Waals surface area contributed by atoms with E-state index in [4.69, 9.17) is 10.4 Å². The molecule has 0 radical (unpaired) electrons. The maximum absolute atomic E-state index is 8.92. The van der Waals surface area contributed by atoms with Crippen molar-refractivity contribution in [2.75, 3.05) is 0 Å². The first-order chi connectivity index (χ1) is 4.68. The first-order valence-corrected chi connectivity index (χ1v) is 3.55. The molecule has 0 saturated heterocycles.